The Bertz CT molecular complexity index is 918. The smallest absolute Gasteiger partial charge is 0.243 e. The number of rotatable bonds is 5. The number of ether oxygens (including phenoxy) is 2. The van der Waals surface area contributed by atoms with E-state index in [1.165, 1.54) is 11.3 Å². The van der Waals surface area contributed by atoms with Crippen molar-refractivity contribution in [3.05, 3.63) is 23.6 Å². The Morgan fingerprint density at radius 1 is 1.16 bits per heavy atom. The van der Waals surface area contributed by atoms with Crippen molar-refractivity contribution < 1.29 is 14.3 Å². The lowest BCUT2D eigenvalue weighted by Gasteiger charge is -2.21. The van der Waals surface area contributed by atoms with Crippen LogP contribution in [0.2, 0.25) is 0 Å². The molecule has 0 saturated heterocycles. The fourth-order valence-corrected chi connectivity index (χ4v) is 2.83. The van der Waals surface area contributed by atoms with E-state index in [4.69, 9.17) is 9.47 Å². The second kappa shape index (κ2) is 6.64. The van der Waals surface area contributed by atoms with Gasteiger partial charge >= 0.3 is 0 Å². The first-order valence-electron chi connectivity index (χ1n) is 7.60. The normalized spacial score (nSPS) is 11.4. The summed E-state index contributed by atoms with van der Waals surface area (Å²) in [6, 6.07) is 5.47. The van der Waals surface area contributed by atoms with Crippen molar-refractivity contribution in [3.63, 3.8) is 0 Å². The lowest BCUT2D eigenvalue weighted by Crippen LogP contribution is -2.24. The number of amides is 1. The third-order valence-electron chi connectivity index (χ3n) is 3.17. The minimum atomic E-state index is -0.449. The van der Waals surface area contributed by atoms with Gasteiger partial charge in [0, 0.05) is 11.4 Å². The number of hydrogen-bond donors (Lipinski definition) is 1. The van der Waals surface area contributed by atoms with Crippen molar-refractivity contribution in [2.24, 2.45) is 0 Å². The Hall–Kier alpha value is -2.74. The Labute approximate surface area is 149 Å². The molecule has 1 aromatic carbocycles. The van der Waals surface area contributed by atoms with Crippen LogP contribution in [-0.2, 0) is 4.79 Å². The summed E-state index contributed by atoms with van der Waals surface area (Å²) >= 11 is 1.31. The average molecular weight is 358 g/mol. The van der Waals surface area contributed by atoms with Gasteiger partial charge in [0.1, 0.15) is 17.0 Å². The van der Waals surface area contributed by atoms with Gasteiger partial charge in [-0.15, -0.1) is 11.3 Å². The maximum atomic E-state index is 10.6. The van der Waals surface area contributed by atoms with Gasteiger partial charge in [0.05, 0.1) is 18.1 Å². The number of thiazole rings is 1. The van der Waals surface area contributed by atoms with Gasteiger partial charge < -0.3 is 14.8 Å². The number of carbonyl (C=O) groups is 1. The van der Waals surface area contributed by atoms with Gasteiger partial charge in [0.2, 0.25) is 12.3 Å². The minimum Gasteiger partial charge on any atom is -0.497 e. The lowest BCUT2D eigenvalue weighted by molar-refractivity contribution is -0.105. The van der Waals surface area contributed by atoms with Crippen LogP contribution in [0.25, 0.3) is 22.4 Å². The van der Waals surface area contributed by atoms with Crippen LogP contribution in [0.4, 0.5) is 5.13 Å². The molecule has 1 N–H and O–H groups in total. The summed E-state index contributed by atoms with van der Waals surface area (Å²) in [7, 11) is 1.60. The van der Waals surface area contributed by atoms with E-state index < -0.39 is 5.60 Å². The standard InChI is InChI=1S/C17H18N4O3S/c1-17(2,3)24-15-14(13-8-25-16(21-13)18-9-22)19-11-6-5-10(23-4)7-12(11)20-15/h5-9H,1-4H3,(H,18,21,22). The highest BCUT2D eigenvalue weighted by molar-refractivity contribution is 7.14. The number of methoxy groups -OCH3 is 1. The third-order valence-corrected chi connectivity index (χ3v) is 3.94. The molecule has 3 rings (SSSR count). The molecular weight excluding hydrogens is 340 g/mol. The van der Waals surface area contributed by atoms with Gasteiger partial charge in [0.25, 0.3) is 0 Å². The Morgan fingerprint density at radius 2 is 1.96 bits per heavy atom. The fourth-order valence-electron chi connectivity index (χ4n) is 2.17. The van der Waals surface area contributed by atoms with Crippen molar-refractivity contribution in [1.29, 1.82) is 0 Å². The number of hydrogen-bond acceptors (Lipinski definition) is 7. The first-order chi connectivity index (χ1) is 11.9. The van der Waals surface area contributed by atoms with Crippen molar-refractivity contribution in [1.82, 2.24) is 15.0 Å². The van der Waals surface area contributed by atoms with E-state index in [-0.39, 0.29) is 0 Å². The first-order valence-corrected chi connectivity index (χ1v) is 8.48. The quantitative estimate of drug-likeness (QED) is 0.703. The van der Waals surface area contributed by atoms with Crippen LogP contribution in [0, 0.1) is 0 Å². The zero-order valence-corrected chi connectivity index (χ0v) is 15.2. The van der Waals surface area contributed by atoms with E-state index in [1.807, 2.05) is 39.0 Å². The summed E-state index contributed by atoms with van der Waals surface area (Å²) < 4.78 is 11.2. The number of anilines is 1. The van der Waals surface area contributed by atoms with Crippen molar-refractivity contribution in [2.45, 2.75) is 26.4 Å². The monoisotopic (exact) mass is 358 g/mol. The molecule has 0 atom stereocenters. The molecule has 0 aliphatic rings. The molecule has 0 aliphatic carbocycles. The lowest BCUT2D eigenvalue weighted by atomic mass is 10.2. The number of carbonyl (C=O) groups excluding carboxylic acids is 1. The van der Waals surface area contributed by atoms with Gasteiger partial charge in [0.15, 0.2) is 10.8 Å². The summed E-state index contributed by atoms with van der Waals surface area (Å²) in [4.78, 5) is 24.2. The van der Waals surface area contributed by atoms with Gasteiger partial charge in [-0.25, -0.2) is 15.0 Å². The van der Waals surface area contributed by atoms with Crippen LogP contribution < -0.4 is 14.8 Å². The molecule has 0 aliphatic heterocycles. The van der Waals surface area contributed by atoms with Crippen LogP contribution >= 0.6 is 11.3 Å². The number of benzene rings is 1. The molecule has 3 aromatic rings. The van der Waals surface area contributed by atoms with E-state index >= 15 is 0 Å². The van der Waals surface area contributed by atoms with E-state index in [9.17, 15) is 4.79 Å². The van der Waals surface area contributed by atoms with Gasteiger partial charge in [-0.3, -0.25) is 4.79 Å². The maximum Gasteiger partial charge on any atom is 0.243 e. The van der Waals surface area contributed by atoms with Crippen molar-refractivity contribution in [3.8, 4) is 23.0 Å². The van der Waals surface area contributed by atoms with Crippen LogP contribution in [0.1, 0.15) is 20.8 Å². The topological polar surface area (TPSA) is 86.2 Å². The van der Waals surface area contributed by atoms with Gasteiger partial charge in [-0.2, -0.15) is 0 Å². The minimum absolute atomic E-state index is 0.385. The number of fused-ring (bicyclic) bond motifs is 1. The Kier molecular flexibility index (Phi) is 4.54. The van der Waals surface area contributed by atoms with E-state index in [0.717, 1.165) is 0 Å². The van der Waals surface area contributed by atoms with Gasteiger partial charge in [-0.05, 0) is 32.9 Å². The van der Waals surface area contributed by atoms with Crippen molar-refractivity contribution in [2.75, 3.05) is 12.4 Å². The average Bonchev–Trinajstić information content (AvgIpc) is 3.01. The molecule has 0 radical (unpaired) electrons. The van der Waals surface area contributed by atoms with Crippen LogP contribution in [-0.4, -0.2) is 34.1 Å². The molecule has 2 heterocycles. The first kappa shape index (κ1) is 17.1. The van der Waals surface area contributed by atoms with Crippen molar-refractivity contribution >= 4 is 33.9 Å². The molecule has 8 heteroatoms. The van der Waals surface area contributed by atoms with Crippen LogP contribution in [0.5, 0.6) is 11.6 Å². The summed E-state index contributed by atoms with van der Waals surface area (Å²) in [5, 5.41) is 4.83. The number of nitrogens with one attached hydrogen (secondary N) is 1. The maximum absolute atomic E-state index is 10.6. The third kappa shape index (κ3) is 3.85. The van der Waals surface area contributed by atoms with E-state index in [0.29, 0.717) is 45.6 Å². The van der Waals surface area contributed by atoms with Crippen LogP contribution in [0.15, 0.2) is 23.6 Å². The molecule has 130 valence electrons. The highest BCUT2D eigenvalue weighted by atomic mass is 32.1. The predicted molar refractivity (Wildman–Crippen MR) is 97.3 cm³/mol. The summed E-state index contributed by atoms with van der Waals surface area (Å²) in [5.74, 6) is 1.08. The second-order valence-electron chi connectivity index (χ2n) is 6.25. The molecule has 25 heavy (non-hydrogen) atoms. The number of aromatic nitrogens is 3. The zero-order chi connectivity index (χ0) is 18.0. The second-order valence-corrected chi connectivity index (χ2v) is 7.10. The van der Waals surface area contributed by atoms with Crippen LogP contribution in [0.3, 0.4) is 0 Å². The molecule has 0 unspecified atom stereocenters. The molecule has 0 saturated carbocycles. The molecule has 0 fully saturated rings. The molecule has 0 spiro atoms. The zero-order valence-electron chi connectivity index (χ0n) is 14.4. The molecule has 1 amide bonds. The Balaban J connectivity index is 2.16. The Morgan fingerprint density at radius 3 is 2.64 bits per heavy atom. The summed E-state index contributed by atoms with van der Waals surface area (Å²) in [6.45, 7) is 5.82. The molecule has 2 aromatic heterocycles. The molecule has 7 nitrogen and oxygen atoms in total. The van der Waals surface area contributed by atoms with E-state index in [2.05, 4.69) is 20.3 Å². The predicted octanol–water partition coefficient (Wildman–Crippen LogP) is 3.51. The molecule has 0 bridgehead atoms. The highest BCUT2D eigenvalue weighted by Gasteiger charge is 2.21. The van der Waals surface area contributed by atoms with Gasteiger partial charge in [-0.1, -0.05) is 0 Å². The largest absolute Gasteiger partial charge is 0.497 e. The SMILES string of the molecule is COc1ccc2nc(-c3csc(NC=O)n3)c(OC(C)(C)C)nc2c1. The summed E-state index contributed by atoms with van der Waals surface area (Å²) in [5.41, 5.74) is 2.05. The number of nitrogens with zero attached hydrogens (tertiary/aromatic N) is 3. The van der Waals surface area contributed by atoms with E-state index in [1.54, 1.807) is 12.5 Å². The summed E-state index contributed by atoms with van der Waals surface area (Å²) in [6.07, 6.45) is 0.591. The highest BCUT2D eigenvalue weighted by Crippen LogP contribution is 2.33. The fraction of sp³-hybridized carbons (Fsp3) is 0.294. The molecular formula is C17H18N4O3S.